The van der Waals surface area contributed by atoms with Crippen molar-refractivity contribution in [1.82, 2.24) is 4.90 Å². The van der Waals surface area contributed by atoms with Crippen molar-refractivity contribution < 1.29 is 19.0 Å². The number of amides is 1. The molecule has 0 unspecified atom stereocenters. The summed E-state index contributed by atoms with van der Waals surface area (Å²) in [7, 11) is 0. The minimum atomic E-state index is 0.0756. The summed E-state index contributed by atoms with van der Waals surface area (Å²) in [6.07, 6.45) is 3.63. The lowest BCUT2D eigenvalue weighted by molar-refractivity contribution is -0.139. The van der Waals surface area contributed by atoms with Crippen molar-refractivity contribution in [1.29, 1.82) is 0 Å². The van der Waals surface area contributed by atoms with Crippen LogP contribution in [0.15, 0.2) is 30.3 Å². The van der Waals surface area contributed by atoms with Gasteiger partial charge in [0.25, 0.3) is 5.91 Å². The van der Waals surface area contributed by atoms with E-state index in [-0.39, 0.29) is 17.3 Å². The van der Waals surface area contributed by atoms with Gasteiger partial charge in [0, 0.05) is 38.7 Å². The fourth-order valence-electron chi connectivity index (χ4n) is 3.89. The second-order valence-corrected chi connectivity index (χ2v) is 9.05. The molecule has 142 valence electrons. The molecule has 1 aromatic carbocycles. The highest BCUT2D eigenvalue weighted by molar-refractivity contribution is 8.01. The van der Waals surface area contributed by atoms with Crippen molar-refractivity contribution in [2.45, 2.75) is 30.1 Å². The third-order valence-electron chi connectivity index (χ3n) is 5.50. The van der Waals surface area contributed by atoms with Crippen molar-refractivity contribution in [3.05, 3.63) is 30.3 Å². The van der Waals surface area contributed by atoms with E-state index < -0.39 is 0 Å². The first kappa shape index (κ1) is 18.1. The molecule has 4 rings (SSSR count). The number of ether oxygens (including phenoxy) is 3. The molecular weight excluding hydrogens is 350 g/mol. The molecule has 26 heavy (non-hydrogen) atoms. The number of hydrogen-bond donors (Lipinski definition) is 0. The molecule has 0 saturated carbocycles. The van der Waals surface area contributed by atoms with Crippen LogP contribution in [0.4, 0.5) is 0 Å². The average Bonchev–Trinajstić information content (AvgIpc) is 3.10. The summed E-state index contributed by atoms with van der Waals surface area (Å²) in [5.41, 5.74) is 0. The Kier molecular flexibility index (Phi) is 5.72. The number of para-hydroxylation sites is 1. The van der Waals surface area contributed by atoms with E-state index in [2.05, 4.69) is 0 Å². The highest BCUT2D eigenvalue weighted by Crippen LogP contribution is 2.46. The Labute approximate surface area is 159 Å². The fourth-order valence-corrected chi connectivity index (χ4v) is 5.45. The number of nitrogens with zero attached hydrogens (tertiary/aromatic N) is 1. The third kappa shape index (κ3) is 4.35. The number of thioether (sulfide) groups is 1. The van der Waals surface area contributed by atoms with Crippen molar-refractivity contribution in [3.63, 3.8) is 0 Å². The topological polar surface area (TPSA) is 48.0 Å². The highest BCUT2D eigenvalue weighted by Gasteiger charge is 2.50. The minimum Gasteiger partial charge on any atom is -0.484 e. The lowest BCUT2D eigenvalue weighted by atomic mass is 9.92. The molecule has 3 heterocycles. The highest BCUT2D eigenvalue weighted by atomic mass is 32.2. The summed E-state index contributed by atoms with van der Waals surface area (Å²) in [5, 5.41) is 0. The third-order valence-corrected chi connectivity index (χ3v) is 7.08. The van der Waals surface area contributed by atoms with E-state index in [1.807, 2.05) is 47.0 Å². The SMILES string of the molecule is O=C(COc1ccccc1)N1CC2(C[C@@H](OCC3CCOCC3)CS2)C1. The summed E-state index contributed by atoms with van der Waals surface area (Å²) < 4.78 is 17.4. The Bertz CT molecular complexity index is 599. The van der Waals surface area contributed by atoms with Gasteiger partial charge in [-0.15, -0.1) is 11.8 Å². The second-order valence-electron chi connectivity index (χ2n) is 7.56. The first-order valence-electron chi connectivity index (χ1n) is 9.51. The van der Waals surface area contributed by atoms with Crippen LogP contribution in [0.3, 0.4) is 0 Å². The molecule has 0 N–H and O–H groups in total. The van der Waals surface area contributed by atoms with Crippen molar-refractivity contribution in [3.8, 4) is 5.75 Å². The molecule has 0 aromatic heterocycles. The molecular formula is C20H27NO4S. The van der Waals surface area contributed by atoms with Crippen LogP contribution >= 0.6 is 11.8 Å². The number of rotatable bonds is 6. The summed E-state index contributed by atoms with van der Waals surface area (Å²) in [4.78, 5) is 14.2. The standard InChI is InChI=1S/C20H27NO4S/c22-19(12-25-17-4-2-1-3-5-17)21-14-20(15-21)10-18(13-26-20)24-11-16-6-8-23-9-7-16/h1-5,16,18H,6-15H2/t18-/m1/s1. The van der Waals surface area contributed by atoms with Crippen LogP contribution in [0.25, 0.3) is 0 Å². The molecule has 3 aliphatic rings. The van der Waals surface area contributed by atoms with Crippen molar-refractivity contribution in [2.24, 2.45) is 5.92 Å². The summed E-state index contributed by atoms with van der Waals surface area (Å²) in [5.74, 6) is 2.52. The van der Waals surface area contributed by atoms with Crippen LogP contribution in [-0.4, -0.2) is 66.9 Å². The zero-order chi connectivity index (χ0) is 17.8. The maximum atomic E-state index is 12.3. The van der Waals surface area contributed by atoms with Gasteiger partial charge in [0.05, 0.1) is 10.9 Å². The fraction of sp³-hybridized carbons (Fsp3) is 0.650. The van der Waals surface area contributed by atoms with Gasteiger partial charge >= 0.3 is 0 Å². The Morgan fingerprint density at radius 3 is 2.77 bits per heavy atom. The van der Waals surface area contributed by atoms with E-state index in [1.165, 1.54) is 0 Å². The van der Waals surface area contributed by atoms with E-state index in [1.54, 1.807) is 0 Å². The number of carbonyl (C=O) groups is 1. The van der Waals surface area contributed by atoms with Gasteiger partial charge < -0.3 is 19.1 Å². The molecule has 1 atom stereocenters. The van der Waals surface area contributed by atoms with Gasteiger partial charge in [0.15, 0.2) is 6.61 Å². The predicted octanol–water partition coefficient (Wildman–Crippen LogP) is 2.60. The van der Waals surface area contributed by atoms with Gasteiger partial charge in [-0.05, 0) is 37.3 Å². The lowest BCUT2D eigenvalue weighted by Gasteiger charge is -2.47. The van der Waals surface area contributed by atoms with Crippen LogP contribution in [-0.2, 0) is 14.3 Å². The molecule has 0 aliphatic carbocycles. The van der Waals surface area contributed by atoms with Gasteiger partial charge in [-0.25, -0.2) is 0 Å². The first-order chi connectivity index (χ1) is 12.7. The zero-order valence-corrected chi connectivity index (χ0v) is 15.9. The maximum Gasteiger partial charge on any atom is 0.260 e. The summed E-state index contributed by atoms with van der Waals surface area (Å²) in [6, 6.07) is 9.50. The first-order valence-corrected chi connectivity index (χ1v) is 10.5. The lowest BCUT2D eigenvalue weighted by Crippen LogP contribution is -2.61. The van der Waals surface area contributed by atoms with Crippen LogP contribution < -0.4 is 4.74 Å². The van der Waals surface area contributed by atoms with Crippen LogP contribution in [0.2, 0.25) is 0 Å². The van der Waals surface area contributed by atoms with E-state index >= 15 is 0 Å². The summed E-state index contributed by atoms with van der Waals surface area (Å²) >= 11 is 1.98. The van der Waals surface area contributed by atoms with Crippen LogP contribution in [0.5, 0.6) is 5.75 Å². The maximum absolute atomic E-state index is 12.3. The molecule has 3 fully saturated rings. The molecule has 3 saturated heterocycles. The van der Waals surface area contributed by atoms with Gasteiger partial charge in [-0.3, -0.25) is 4.79 Å². The Balaban J connectivity index is 1.16. The molecule has 1 amide bonds. The molecule has 1 spiro atoms. The number of benzene rings is 1. The van der Waals surface area contributed by atoms with Crippen LogP contribution in [0, 0.1) is 5.92 Å². The average molecular weight is 378 g/mol. The Hall–Kier alpha value is -1.24. The zero-order valence-electron chi connectivity index (χ0n) is 15.1. The quantitative estimate of drug-likeness (QED) is 0.763. The smallest absolute Gasteiger partial charge is 0.260 e. The molecule has 0 bridgehead atoms. The number of carbonyl (C=O) groups excluding carboxylic acids is 1. The second kappa shape index (κ2) is 8.19. The van der Waals surface area contributed by atoms with Crippen molar-refractivity contribution in [2.75, 3.05) is 45.3 Å². The number of likely N-dealkylation sites (tertiary alicyclic amines) is 1. The van der Waals surface area contributed by atoms with E-state index in [9.17, 15) is 4.79 Å². The monoisotopic (exact) mass is 377 g/mol. The van der Waals surface area contributed by atoms with Crippen molar-refractivity contribution >= 4 is 17.7 Å². The van der Waals surface area contributed by atoms with Crippen LogP contribution in [0.1, 0.15) is 19.3 Å². The molecule has 3 aliphatic heterocycles. The van der Waals surface area contributed by atoms with Gasteiger partial charge in [0.2, 0.25) is 0 Å². The Morgan fingerprint density at radius 1 is 1.23 bits per heavy atom. The van der Waals surface area contributed by atoms with E-state index in [0.29, 0.717) is 12.0 Å². The van der Waals surface area contributed by atoms with Gasteiger partial charge in [-0.1, -0.05) is 18.2 Å². The summed E-state index contributed by atoms with van der Waals surface area (Å²) in [6.45, 7) is 4.38. The largest absolute Gasteiger partial charge is 0.484 e. The predicted molar refractivity (Wildman–Crippen MR) is 102 cm³/mol. The normalized spacial score (nSPS) is 25.2. The Morgan fingerprint density at radius 2 is 2.00 bits per heavy atom. The minimum absolute atomic E-state index is 0.0756. The molecule has 1 aromatic rings. The van der Waals surface area contributed by atoms with Gasteiger partial charge in [0.1, 0.15) is 5.75 Å². The number of hydrogen-bond acceptors (Lipinski definition) is 5. The van der Waals surface area contributed by atoms with Gasteiger partial charge in [-0.2, -0.15) is 0 Å². The molecule has 6 heteroatoms. The molecule has 5 nitrogen and oxygen atoms in total. The van der Waals surface area contributed by atoms with E-state index in [0.717, 1.165) is 63.7 Å². The van der Waals surface area contributed by atoms with E-state index in [4.69, 9.17) is 14.2 Å². The molecule has 0 radical (unpaired) electrons.